The Bertz CT molecular complexity index is 942. The summed E-state index contributed by atoms with van der Waals surface area (Å²) < 4.78 is 6.97. The highest BCUT2D eigenvalue weighted by atomic mass is 16.5. The second-order valence-electron chi connectivity index (χ2n) is 5.67. The van der Waals surface area contributed by atoms with E-state index >= 15 is 0 Å². The molecule has 6 heteroatoms. The zero-order valence-corrected chi connectivity index (χ0v) is 13.9. The van der Waals surface area contributed by atoms with E-state index in [9.17, 15) is 14.7 Å². The number of Topliss-reactive ketones (excluding diaryl/α,β-unsaturated/α-hetero) is 1. The summed E-state index contributed by atoms with van der Waals surface area (Å²) in [6.45, 7) is -0.117. The van der Waals surface area contributed by atoms with Crippen LogP contribution in [-0.4, -0.2) is 35.0 Å². The number of hydrogen-bond donors (Lipinski definition) is 2. The average molecular weight is 338 g/mol. The Labute approximate surface area is 144 Å². The number of aromatic nitrogens is 1. The summed E-state index contributed by atoms with van der Waals surface area (Å²) in [7, 11) is 3.39. The van der Waals surface area contributed by atoms with Gasteiger partial charge in [-0.25, -0.2) is 0 Å². The molecule has 6 nitrogen and oxygen atoms in total. The summed E-state index contributed by atoms with van der Waals surface area (Å²) in [5.74, 6) is 0.248. The van der Waals surface area contributed by atoms with Crippen LogP contribution in [-0.2, 0) is 7.05 Å². The first-order valence-electron chi connectivity index (χ1n) is 7.73. The van der Waals surface area contributed by atoms with Crippen LogP contribution in [0, 0.1) is 0 Å². The number of carbonyl (C=O) groups excluding carboxylic acids is 2. The van der Waals surface area contributed by atoms with Crippen molar-refractivity contribution in [1.29, 1.82) is 0 Å². The number of benzene rings is 2. The normalized spacial score (nSPS) is 10.6. The van der Waals surface area contributed by atoms with E-state index in [0.717, 1.165) is 10.9 Å². The highest BCUT2D eigenvalue weighted by molar-refractivity contribution is 6.03. The molecule has 1 aromatic heterocycles. The highest BCUT2D eigenvalue weighted by Crippen LogP contribution is 2.23. The second kappa shape index (κ2) is 6.68. The van der Waals surface area contributed by atoms with Gasteiger partial charge in [0.2, 0.25) is 0 Å². The van der Waals surface area contributed by atoms with Crippen molar-refractivity contribution in [1.82, 2.24) is 9.88 Å². The van der Waals surface area contributed by atoms with Crippen LogP contribution in [0.2, 0.25) is 0 Å². The van der Waals surface area contributed by atoms with Gasteiger partial charge in [-0.2, -0.15) is 0 Å². The quantitative estimate of drug-likeness (QED) is 0.701. The highest BCUT2D eigenvalue weighted by Gasteiger charge is 2.15. The number of phenolic OH excluding ortho intramolecular Hbond substituents is 1. The molecule has 3 aromatic rings. The molecule has 0 saturated heterocycles. The van der Waals surface area contributed by atoms with Crippen molar-refractivity contribution in [2.24, 2.45) is 7.05 Å². The molecule has 1 heterocycles. The predicted octanol–water partition coefficient (Wildman–Crippen LogP) is 2.51. The summed E-state index contributed by atoms with van der Waals surface area (Å²) in [6.07, 6.45) is 0. The lowest BCUT2D eigenvalue weighted by Crippen LogP contribution is -2.30. The molecule has 0 unspecified atom stereocenters. The minimum Gasteiger partial charge on any atom is -0.508 e. The molecule has 0 radical (unpaired) electrons. The first-order valence-corrected chi connectivity index (χ1v) is 7.73. The summed E-state index contributed by atoms with van der Waals surface area (Å²) in [5, 5.41) is 12.8. The van der Waals surface area contributed by atoms with Gasteiger partial charge in [-0.15, -0.1) is 0 Å². The van der Waals surface area contributed by atoms with E-state index in [1.54, 1.807) is 24.8 Å². The Hall–Kier alpha value is -3.28. The third-order valence-corrected chi connectivity index (χ3v) is 4.08. The Morgan fingerprint density at radius 1 is 1.12 bits per heavy atom. The van der Waals surface area contributed by atoms with Gasteiger partial charge in [0.05, 0.1) is 13.7 Å². The lowest BCUT2D eigenvalue weighted by Gasteiger charge is -2.06. The largest absolute Gasteiger partial charge is 0.508 e. The number of phenols is 1. The Kier molecular flexibility index (Phi) is 4.43. The number of aryl methyl sites for hydroxylation is 1. The fourth-order valence-electron chi connectivity index (χ4n) is 2.67. The van der Waals surface area contributed by atoms with Crippen LogP contribution in [0.5, 0.6) is 11.5 Å². The van der Waals surface area contributed by atoms with Crippen molar-refractivity contribution in [3.8, 4) is 11.5 Å². The molecule has 0 aliphatic rings. The fraction of sp³-hybridized carbons (Fsp3) is 0.158. The van der Waals surface area contributed by atoms with Crippen LogP contribution >= 0.6 is 0 Å². The first-order chi connectivity index (χ1) is 12.0. The van der Waals surface area contributed by atoms with E-state index in [-0.39, 0.29) is 24.0 Å². The van der Waals surface area contributed by atoms with Gasteiger partial charge in [0.25, 0.3) is 5.91 Å². The number of fused-ring (bicyclic) bond motifs is 1. The van der Waals surface area contributed by atoms with Crippen LogP contribution in [0.25, 0.3) is 10.9 Å². The van der Waals surface area contributed by atoms with Crippen LogP contribution in [0.4, 0.5) is 0 Å². The van der Waals surface area contributed by atoms with Gasteiger partial charge in [0.15, 0.2) is 5.78 Å². The molecule has 0 saturated carbocycles. The maximum absolute atomic E-state index is 12.4. The molecule has 2 aromatic carbocycles. The first kappa shape index (κ1) is 16.6. The van der Waals surface area contributed by atoms with E-state index in [1.807, 2.05) is 18.2 Å². The van der Waals surface area contributed by atoms with E-state index in [0.29, 0.717) is 17.0 Å². The summed E-state index contributed by atoms with van der Waals surface area (Å²) in [6, 6.07) is 13.2. The lowest BCUT2D eigenvalue weighted by atomic mass is 10.1. The smallest absolute Gasteiger partial charge is 0.268 e. The average Bonchev–Trinajstić information content (AvgIpc) is 2.96. The van der Waals surface area contributed by atoms with Gasteiger partial charge in [0, 0.05) is 23.5 Å². The monoisotopic (exact) mass is 338 g/mol. The van der Waals surface area contributed by atoms with Crippen molar-refractivity contribution in [2.45, 2.75) is 0 Å². The molecule has 0 aliphatic carbocycles. The summed E-state index contributed by atoms with van der Waals surface area (Å²) in [5.41, 5.74) is 1.79. The van der Waals surface area contributed by atoms with E-state index < -0.39 is 0 Å². The molecular weight excluding hydrogens is 320 g/mol. The van der Waals surface area contributed by atoms with Gasteiger partial charge in [-0.1, -0.05) is 0 Å². The number of aromatic hydroxyl groups is 1. The second-order valence-corrected chi connectivity index (χ2v) is 5.67. The Morgan fingerprint density at radius 2 is 1.84 bits per heavy atom. The number of ketones is 1. The van der Waals surface area contributed by atoms with Crippen molar-refractivity contribution in [2.75, 3.05) is 13.7 Å². The number of nitrogens with one attached hydrogen (secondary N) is 1. The van der Waals surface area contributed by atoms with Crippen molar-refractivity contribution in [3.63, 3.8) is 0 Å². The zero-order valence-electron chi connectivity index (χ0n) is 13.9. The summed E-state index contributed by atoms with van der Waals surface area (Å²) in [4.78, 5) is 24.5. The van der Waals surface area contributed by atoms with Gasteiger partial charge in [-0.3, -0.25) is 9.59 Å². The standard InChI is InChI=1S/C19H18N2O4/c1-21-16-8-7-15(25-2)9-13(16)10-17(21)19(24)20-11-18(23)12-3-5-14(22)6-4-12/h3-10,22H,11H2,1-2H3,(H,20,24). The summed E-state index contributed by atoms with van der Waals surface area (Å²) >= 11 is 0. The van der Waals surface area contributed by atoms with Crippen LogP contribution in [0.15, 0.2) is 48.5 Å². The molecular formula is C19H18N2O4. The number of rotatable bonds is 5. The number of nitrogens with zero attached hydrogens (tertiary/aromatic N) is 1. The van der Waals surface area contributed by atoms with E-state index in [4.69, 9.17) is 4.74 Å². The molecule has 1 amide bonds. The molecule has 0 fully saturated rings. The molecule has 0 bridgehead atoms. The number of methoxy groups -OCH3 is 1. The zero-order chi connectivity index (χ0) is 18.0. The fourth-order valence-corrected chi connectivity index (χ4v) is 2.67. The van der Waals surface area contributed by atoms with Gasteiger partial charge >= 0.3 is 0 Å². The van der Waals surface area contributed by atoms with Gasteiger partial charge < -0.3 is 19.7 Å². The Balaban J connectivity index is 1.74. The number of ether oxygens (including phenoxy) is 1. The number of hydrogen-bond acceptors (Lipinski definition) is 4. The Morgan fingerprint density at radius 3 is 2.52 bits per heavy atom. The lowest BCUT2D eigenvalue weighted by molar-refractivity contribution is 0.0899. The van der Waals surface area contributed by atoms with Crippen molar-refractivity contribution in [3.05, 3.63) is 59.8 Å². The topological polar surface area (TPSA) is 80.6 Å². The molecule has 25 heavy (non-hydrogen) atoms. The molecule has 0 atom stereocenters. The third-order valence-electron chi connectivity index (χ3n) is 4.08. The number of carbonyl (C=O) groups is 2. The molecule has 2 N–H and O–H groups in total. The molecule has 3 rings (SSSR count). The van der Waals surface area contributed by atoms with Crippen molar-refractivity contribution >= 4 is 22.6 Å². The van der Waals surface area contributed by atoms with Gasteiger partial charge in [0.1, 0.15) is 17.2 Å². The minimum atomic E-state index is -0.329. The van der Waals surface area contributed by atoms with Crippen LogP contribution in [0.1, 0.15) is 20.8 Å². The van der Waals surface area contributed by atoms with Crippen LogP contribution < -0.4 is 10.1 Å². The maximum Gasteiger partial charge on any atom is 0.268 e. The molecule has 0 spiro atoms. The maximum atomic E-state index is 12.4. The van der Waals surface area contributed by atoms with E-state index in [2.05, 4.69) is 5.32 Å². The predicted molar refractivity (Wildman–Crippen MR) is 94.2 cm³/mol. The van der Waals surface area contributed by atoms with Crippen LogP contribution in [0.3, 0.4) is 0 Å². The minimum absolute atomic E-state index is 0.0894. The van der Waals surface area contributed by atoms with Crippen molar-refractivity contribution < 1.29 is 19.4 Å². The SMILES string of the molecule is COc1ccc2c(c1)cc(C(=O)NCC(=O)c1ccc(O)cc1)n2C. The number of amides is 1. The molecule has 0 aliphatic heterocycles. The molecule has 128 valence electrons. The third kappa shape index (κ3) is 3.33. The van der Waals surface area contributed by atoms with Gasteiger partial charge in [-0.05, 0) is 48.5 Å². The van der Waals surface area contributed by atoms with E-state index in [1.165, 1.54) is 24.3 Å².